The average Bonchev–Trinajstić information content (AvgIpc) is 2.85. The number of carbonyl (C=O) groups is 3. The number of nitrogens with one attached hydrogen (secondary N) is 2. The molecule has 0 aliphatic heterocycles. The lowest BCUT2D eigenvalue weighted by Crippen LogP contribution is -2.36. The first-order chi connectivity index (χ1) is 11.4. The van der Waals surface area contributed by atoms with Crippen molar-refractivity contribution in [1.29, 1.82) is 0 Å². The standard InChI is InChI=1S/C14H16N6O3S/c1-8-18-19-14(24-7-12(22)17-13(15)23)20(8)11-5-3-4-10(6-11)16-9(2)21/h3-6H,7H2,1-2H3,(H,16,21)(H3,15,17,22,23). The van der Waals surface area contributed by atoms with Crippen LogP contribution in [0, 0.1) is 6.92 Å². The first-order valence-electron chi connectivity index (χ1n) is 6.89. The number of rotatable bonds is 5. The monoisotopic (exact) mass is 348 g/mol. The van der Waals surface area contributed by atoms with Crippen molar-refractivity contribution in [3.8, 4) is 5.69 Å². The molecule has 0 radical (unpaired) electrons. The van der Waals surface area contributed by atoms with E-state index in [1.165, 1.54) is 6.92 Å². The van der Waals surface area contributed by atoms with Crippen molar-refractivity contribution in [2.75, 3.05) is 11.1 Å². The minimum absolute atomic E-state index is 0.0353. The average molecular weight is 348 g/mol. The van der Waals surface area contributed by atoms with Gasteiger partial charge in [0.05, 0.1) is 11.4 Å². The van der Waals surface area contributed by atoms with E-state index in [4.69, 9.17) is 5.73 Å². The summed E-state index contributed by atoms with van der Waals surface area (Å²) in [5.74, 6) is -0.114. The zero-order valence-corrected chi connectivity index (χ0v) is 13.9. The van der Waals surface area contributed by atoms with Gasteiger partial charge in [0.1, 0.15) is 5.82 Å². The van der Waals surface area contributed by atoms with Crippen LogP contribution in [-0.4, -0.2) is 38.4 Å². The maximum atomic E-state index is 11.5. The van der Waals surface area contributed by atoms with Crippen LogP contribution in [0.15, 0.2) is 29.4 Å². The van der Waals surface area contributed by atoms with E-state index < -0.39 is 11.9 Å². The van der Waals surface area contributed by atoms with Gasteiger partial charge in [-0.15, -0.1) is 10.2 Å². The minimum atomic E-state index is -0.902. The molecule has 0 unspecified atom stereocenters. The van der Waals surface area contributed by atoms with Gasteiger partial charge < -0.3 is 11.1 Å². The number of thioether (sulfide) groups is 1. The Morgan fingerprint density at radius 3 is 2.71 bits per heavy atom. The Hall–Kier alpha value is -2.88. The summed E-state index contributed by atoms with van der Waals surface area (Å²) < 4.78 is 1.74. The molecular formula is C14H16N6O3S. The molecule has 2 aromatic rings. The second-order valence-electron chi connectivity index (χ2n) is 4.80. The van der Waals surface area contributed by atoms with Crippen LogP contribution in [0.3, 0.4) is 0 Å². The van der Waals surface area contributed by atoms with E-state index in [1.54, 1.807) is 29.7 Å². The van der Waals surface area contributed by atoms with Crippen LogP contribution in [-0.2, 0) is 9.59 Å². The summed E-state index contributed by atoms with van der Waals surface area (Å²) in [4.78, 5) is 33.4. The first-order valence-corrected chi connectivity index (χ1v) is 7.87. The molecule has 10 heteroatoms. The summed E-state index contributed by atoms with van der Waals surface area (Å²) in [6.45, 7) is 3.20. The van der Waals surface area contributed by atoms with Gasteiger partial charge in [0.25, 0.3) is 0 Å². The summed E-state index contributed by atoms with van der Waals surface area (Å²) in [5.41, 5.74) is 6.27. The van der Waals surface area contributed by atoms with Gasteiger partial charge in [-0.05, 0) is 25.1 Å². The Bertz CT molecular complexity index is 789. The zero-order valence-electron chi connectivity index (χ0n) is 13.1. The topological polar surface area (TPSA) is 132 Å². The number of benzene rings is 1. The third kappa shape index (κ3) is 4.56. The lowest BCUT2D eigenvalue weighted by atomic mass is 10.2. The van der Waals surface area contributed by atoms with Gasteiger partial charge in [-0.3, -0.25) is 19.5 Å². The number of nitrogens with two attached hydrogens (primary N) is 1. The lowest BCUT2D eigenvalue weighted by molar-refractivity contribution is -0.117. The Morgan fingerprint density at radius 1 is 1.29 bits per heavy atom. The molecular weight excluding hydrogens is 332 g/mol. The molecule has 0 aliphatic carbocycles. The van der Waals surface area contributed by atoms with Crippen molar-refractivity contribution < 1.29 is 14.4 Å². The molecule has 0 aliphatic rings. The summed E-state index contributed by atoms with van der Waals surface area (Å²) >= 11 is 1.11. The maximum Gasteiger partial charge on any atom is 0.318 e. The number of imide groups is 1. The van der Waals surface area contributed by atoms with E-state index in [9.17, 15) is 14.4 Å². The molecule has 1 aromatic heterocycles. The fraction of sp³-hybridized carbons (Fsp3) is 0.214. The van der Waals surface area contributed by atoms with Gasteiger partial charge in [0.15, 0.2) is 5.16 Å². The van der Waals surface area contributed by atoms with Gasteiger partial charge in [0, 0.05) is 12.6 Å². The molecule has 0 fully saturated rings. The molecule has 2 rings (SSSR count). The molecule has 1 aromatic carbocycles. The van der Waals surface area contributed by atoms with E-state index in [0.717, 1.165) is 17.4 Å². The Morgan fingerprint density at radius 2 is 2.04 bits per heavy atom. The molecule has 0 saturated carbocycles. The van der Waals surface area contributed by atoms with E-state index in [1.807, 2.05) is 11.4 Å². The van der Waals surface area contributed by atoms with E-state index in [2.05, 4.69) is 15.5 Å². The third-order valence-electron chi connectivity index (χ3n) is 2.81. The molecule has 0 saturated heterocycles. The molecule has 24 heavy (non-hydrogen) atoms. The number of hydrogen-bond acceptors (Lipinski definition) is 6. The largest absolute Gasteiger partial charge is 0.351 e. The second kappa shape index (κ2) is 7.59. The van der Waals surface area contributed by atoms with Crippen LogP contribution in [0.2, 0.25) is 0 Å². The molecule has 0 atom stereocenters. The highest BCUT2D eigenvalue weighted by Gasteiger charge is 2.14. The van der Waals surface area contributed by atoms with Crippen LogP contribution in [0.1, 0.15) is 12.7 Å². The minimum Gasteiger partial charge on any atom is -0.351 e. The highest BCUT2D eigenvalue weighted by molar-refractivity contribution is 7.99. The quantitative estimate of drug-likeness (QED) is 0.685. The number of aromatic nitrogens is 3. The van der Waals surface area contributed by atoms with Gasteiger partial charge in [-0.2, -0.15) is 0 Å². The molecule has 1 heterocycles. The van der Waals surface area contributed by atoms with Crippen molar-refractivity contribution in [2.45, 2.75) is 19.0 Å². The number of carbonyl (C=O) groups excluding carboxylic acids is 3. The number of urea groups is 1. The molecule has 0 bridgehead atoms. The van der Waals surface area contributed by atoms with Gasteiger partial charge in [-0.25, -0.2) is 4.79 Å². The highest BCUT2D eigenvalue weighted by Crippen LogP contribution is 2.23. The van der Waals surface area contributed by atoms with Gasteiger partial charge in [0.2, 0.25) is 11.8 Å². The van der Waals surface area contributed by atoms with Crippen molar-refractivity contribution in [3.05, 3.63) is 30.1 Å². The normalized spacial score (nSPS) is 10.2. The van der Waals surface area contributed by atoms with Crippen LogP contribution in [0.5, 0.6) is 0 Å². The smallest absolute Gasteiger partial charge is 0.318 e. The van der Waals surface area contributed by atoms with Crippen molar-refractivity contribution >= 4 is 35.3 Å². The van der Waals surface area contributed by atoms with E-state index >= 15 is 0 Å². The number of hydrogen-bond donors (Lipinski definition) is 3. The fourth-order valence-electron chi connectivity index (χ4n) is 1.96. The van der Waals surface area contributed by atoms with Gasteiger partial charge >= 0.3 is 6.03 Å². The van der Waals surface area contributed by atoms with Crippen molar-refractivity contribution in [3.63, 3.8) is 0 Å². The maximum absolute atomic E-state index is 11.5. The van der Waals surface area contributed by atoms with Crippen LogP contribution in [0.25, 0.3) is 5.69 Å². The fourth-order valence-corrected chi connectivity index (χ4v) is 2.76. The lowest BCUT2D eigenvalue weighted by Gasteiger charge is -2.10. The number of aryl methyl sites for hydroxylation is 1. The predicted octanol–water partition coefficient (Wildman–Crippen LogP) is 0.821. The SMILES string of the molecule is CC(=O)Nc1cccc(-n2c(C)nnc2SCC(=O)NC(N)=O)c1. The summed E-state index contributed by atoms with van der Waals surface area (Å²) in [7, 11) is 0. The van der Waals surface area contributed by atoms with Crippen LogP contribution in [0.4, 0.5) is 10.5 Å². The van der Waals surface area contributed by atoms with Crippen LogP contribution < -0.4 is 16.4 Å². The number of amides is 4. The summed E-state index contributed by atoms with van der Waals surface area (Å²) in [6.07, 6.45) is 0. The summed E-state index contributed by atoms with van der Waals surface area (Å²) in [5, 5.41) is 13.2. The molecule has 4 amide bonds. The number of nitrogens with zero attached hydrogens (tertiary/aromatic N) is 3. The number of anilines is 1. The second-order valence-corrected chi connectivity index (χ2v) is 5.74. The van der Waals surface area contributed by atoms with E-state index in [-0.39, 0.29) is 11.7 Å². The van der Waals surface area contributed by atoms with Crippen LogP contribution >= 0.6 is 11.8 Å². The molecule has 4 N–H and O–H groups in total. The molecule has 0 spiro atoms. The summed E-state index contributed by atoms with van der Waals surface area (Å²) in [6, 6.07) is 6.24. The zero-order chi connectivity index (χ0) is 17.7. The van der Waals surface area contributed by atoms with Gasteiger partial charge in [-0.1, -0.05) is 17.8 Å². The Labute approximate surface area is 142 Å². The number of primary amides is 1. The first kappa shape index (κ1) is 17.5. The molecule has 126 valence electrons. The Kier molecular flexibility index (Phi) is 5.53. The Balaban J connectivity index is 2.22. The third-order valence-corrected chi connectivity index (χ3v) is 3.74. The van der Waals surface area contributed by atoms with Crippen molar-refractivity contribution in [1.82, 2.24) is 20.1 Å². The van der Waals surface area contributed by atoms with Crippen molar-refractivity contribution in [2.24, 2.45) is 5.73 Å². The molecule has 9 nitrogen and oxygen atoms in total. The van der Waals surface area contributed by atoms with E-state index in [0.29, 0.717) is 16.7 Å². The highest BCUT2D eigenvalue weighted by atomic mass is 32.2. The predicted molar refractivity (Wildman–Crippen MR) is 88.8 cm³/mol.